The van der Waals surface area contributed by atoms with Crippen molar-refractivity contribution in [2.75, 3.05) is 0 Å². The largest absolute Gasteiger partial charge is 0.0533 e. The van der Waals surface area contributed by atoms with Gasteiger partial charge in [0.1, 0.15) is 0 Å². The van der Waals surface area contributed by atoms with E-state index in [-0.39, 0.29) is 0 Å². The molecule has 0 saturated heterocycles. The van der Waals surface area contributed by atoms with Crippen LogP contribution in [-0.2, 0) is 0 Å². The quantitative estimate of drug-likeness (QED) is 0.513. The van der Waals surface area contributed by atoms with Crippen LogP contribution in [0.4, 0.5) is 0 Å². The van der Waals surface area contributed by atoms with Crippen LogP contribution in [0.3, 0.4) is 0 Å². The van der Waals surface area contributed by atoms with Gasteiger partial charge in [-0.25, -0.2) is 0 Å². The van der Waals surface area contributed by atoms with Crippen LogP contribution < -0.4 is 0 Å². The van der Waals surface area contributed by atoms with E-state index in [4.69, 9.17) is 0 Å². The molecule has 12 heavy (non-hydrogen) atoms. The molecule has 0 nitrogen and oxygen atoms in total. The first-order valence-corrected chi connectivity index (χ1v) is 5.81. The molecule has 0 aliphatic heterocycles. The van der Waals surface area contributed by atoms with Crippen LogP contribution in [0, 0.1) is 11.8 Å². The summed E-state index contributed by atoms with van der Waals surface area (Å²) in [6.07, 6.45) is 15.0. The molecule has 2 saturated carbocycles. The molecule has 69 valence electrons. The minimum absolute atomic E-state index is 1.06. The Bertz CT molecular complexity index is 114. The molecule has 0 unspecified atom stereocenters. The Morgan fingerprint density at radius 2 is 1.25 bits per heavy atom. The molecule has 2 aliphatic carbocycles. The van der Waals surface area contributed by atoms with Crippen LogP contribution >= 0.6 is 0 Å². The molecule has 0 N–H and O–H groups in total. The first kappa shape index (κ1) is 8.59. The van der Waals surface area contributed by atoms with Crippen molar-refractivity contribution in [2.45, 2.75) is 64.2 Å². The molecule has 1 radical (unpaired) electrons. The van der Waals surface area contributed by atoms with Crippen LogP contribution in [0.25, 0.3) is 0 Å². The van der Waals surface area contributed by atoms with E-state index in [2.05, 4.69) is 0 Å². The van der Waals surface area contributed by atoms with Gasteiger partial charge in [-0.3, -0.25) is 0 Å². The van der Waals surface area contributed by atoms with Gasteiger partial charge < -0.3 is 0 Å². The van der Waals surface area contributed by atoms with E-state index in [1.807, 2.05) is 5.92 Å². The second-order valence-corrected chi connectivity index (χ2v) is 4.55. The molecule has 2 aliphatic rings. The monoisotopic (exact) mass is 165 g/mol. The highest BCUT2D eigenvalue weighted by atomic mass is 14.3. The Morgan fingerprint density at radius 1 is 0.667 bits per heavy atom. The fourth-order valence-electron chi connectivity index (χ4n) is 2.92. The highest BCUT2D eigenvalue weighted by Crippen LogP contribution is 2.39. The number of hydrogen-bond donors (Lipinski definition) is 0. The molecule has 0 atom stereocenters. The van der Waals surface area contributed by atoms with Crippen LogP contribution in [-0.4, -0.2) is 0 Å². The summed E-state index contributed by atoms with van der Waals surface area (Å²) >= 11 is 0. The second-order valence-electron chi connectivity index (χ2n) is 4.55. The Balaban J connectivity index is 1.83. The predicted octanol–water partition coefficient (Wildman–Crippen LogP) is 4.11. The SMILES string of the molecule is C1CCC[C](C2CCCC2)CC1. The molecule has 0 heteroatoms. The highest BCUT2D eigenvalue weighted by molar-refractivity contribution is 4.99. The van der Waals surface area contributed by atoms with E-state index >= 15 is 0 Å². The average Bonchev–Trinajstić information content (AvgIpc) is 2.48. The molecule has 2 fully saturated rings. The van der Waals surface area contributed by atoms with E-state index in [0.717, 1.165) is 5.92 Å². The van der Waals surface area contributed by atoms with Crippen LogP contribution in [0.5, 0.6) is 0 Å². The molecular weight excluding hydrogens is 144 g/mol. The van der Waals surface area contributed by atoms with Crippen molar-refractivity contribution in [2.24, 2.45) is 5.92 Å². The summed E-state index contributed by atoms with van der Waals surface area (Å²) in [5.41, 5.74) is 0. The highest BCUT2D eigenvalue weighted by Gasteiger charge is 2.25. The zero-order chi connectivity index (χ0) is 8.23. The lowest BCUT2D eigenvalue weighted by molar-refractivity contribution is 0.494. The molecule has 0 spiro atoms. The van der Waals surface area contributed by atoms with Gasteiger partial charge in [0, 0.05) is 0 Å². The summed E-state index contributed by atoms with van der Waals surface area (Å²) in [4.78, 5) is 0. The molecule has 0 heterocycles. The molecule has 0 aromatic rings. The molecule has 0 aromatic heterocycles. The second kappa shape index (κ2) is 4.30. The normalized spacial score (nSPS) is 29.0. The van der Waals surface area contributed by atoms with Crippen molar-refractivity contribution in [3.63, 3.8) is 0 Å². The van der Waals surface area contributed by atoms with Gasteiger partial charge in [-0.1, -0.05) is 38.5 Å². The lowest BCUT2D eigenvalue weighted by atomic mass is 9.85. The van der Waals surface area contributed by atoms with E-state index in [1.165, 1.54) is 64.2 Å². The van der Waals surface area contributed by atoms with E-state index in [9.17, 15) is 0 Å². The van der Waals surface area contributed by atoms with Crippen molar-refractivity contribution in [1.29, 1.82) is 0 Å². The molecule has 0 aromatic carbocycles. The summed E-state index contributed by atoms with van der Waals surface area (Å²) in [6, 6.07) is 0. The first-order chi connectivity index (χ1) is 5.97. The fourth-order valence-corrected chi connectivity index (χ4v) is 2.92. The summed E-state index contributed by atoms with van der Waals surface area (Å²) in [6.45, 7) is 0. The van der Waals surface area contributed by atoms with Crippen molar-refractivity contribution in [3.05, 3.63) is 5.92 Å². The maximum atomic E-state index is 1.95. The van der Waals surface area contributed by atoms with Crippen molar-refractivity contribution >= 4 is 0 Å². The molecule has 0 amide bonds. The zero-order valence-corrected chi connectivity index (χ0v) is 8.15. The van der Waals surface area contributed by atoms with Crippen LogP contribution in [0.2, 0.25) is 0 Å². The Morgan fingerprint density at radius 3 is 1.83 bits per heavy atom. The van der Waals surface area contributed by atoms with Gasteiger partial charge in [0.05, 0.1) is 0 Å². The Kier molecular flexibility index (Phi) is 3.08. The molecule has 0 bridgehead atoms. The third-order valence-corrected chi connectivity index (χ3v) is 3.68. The topological polar surface area (TPSA) is 0 Å². The zero-order valence-electron chi connectivity index (χ0n) is 8.15. The molecule has 2 rings (SSSR count). The first-order valence-electron chi connectivity index (χ1n) is 5.81. The van der Waals surface area contributed by atoms with Crippen LogP contribution in [0.1, 0.15) is 64.2 Å². The van der Waals surface area contributed by atoms with E-state index in [0.29, 0.717) is 0 Å². The molecular formula is C12H21. The lowest BCUT2D eigenvalue weighted by Gasteiger charge is -2.20. The fraction of sp³-hybridized carbons (Fsp3) is 0.917. The maximum Gasteiger partial charge on any atom is -0.0210 e. The van der Waals surface area contributed by atoms with Crippen molar-refractivity contribution in [3.8, 4) is 0 Å². The number of hydrogen-bond acceptors (Lipinski definition) is 0. The smallest absolute Gasteiger partial charge is 0.0210 e. The van der Waals surface area contributed by atoms with Gasteiger partial charge in [-0.15, -0.1) is 0 Å². The van der Waals surface area contributed by atoms with Crippen LogP contribution in [0.15, 0.2) is 0 Å². The standard InChI is InChI=1S/C12H21/c1-2-4-8-11(7-3-1)12-9-5-6-10-12/h12H,1-10H2. The lowest BCUT2D eigenvalue weighted by Crippen LogP contribution is -2.07. The summed E-state index contributed by atoms with van der Waals surface area (Å²) < 4.78 is 0. The minimum atomic E-state index is 1.06. The van der Waals surface area contributed by atoms with Gasteiger partial charge in [-0.2, -0.15) is 0 Å². The third kappa shape index (κ3) is 2.02. The van der Waals surface area contributed by atoms with Crippen molar-refractivity contribution in [1.82, 2.24) is 0 Å². The van der Waals surface area contributed by atoms with E-state index < -0.39 is 0 Å². The Labute approximate surface area is 76.7 Å². The maximum absolute atomic E-state index is 1.95. The summed E-state index contributed by atoms with van der Waals surface area (Å²) in [7, 11) is 0. The minimum Gasteiger partial charge on any atom is -0.0533 e. The van der Waals surface area contributed by atoms with Crippen molar-refractivity contribution < 1.29 is 0 Å². The predicted molar refractivity (Wildman–Crippen MR) is 52.9 cm³/mol. The van der Waals surface area contributed by atoms with Gasteiger partial charge in [0.15, 0.2) is 0 Å². The Hall–Kier alpha value is 0. The van der Waals surface area contributed by atoms with E-state index in [1.54, 1.807) is 0 Å². The van der Waals surface area contributed by atoms with Gasteiger partial charge >= 0.3 is 0 Å². The summed E-state index contributed by atoms with van der Waals surface area (Å²) in [5, 5.41) is 0. The van der Waals surface area contributed by atoms with Gasteiger partial charge in [0.25, 0.3) is 0 Å². The average molecular weight is 165 g/mol. The third-order valence-electron chi connectivity index (χ3n) is 3.68. The van der Waals surface area contributed by atoms with Gasteiger partial charge in [0.2, 0.25) is 0 Å². The van der Waals surface area contributed by atoms with Gasteiger partial charge in [-0.05, 0) is 37.5 Å². The number of rotatable bonds is 1. The summed E-state index contributed by atoms with van der Waals surface area (Å²) in [5.74, 6) is 3.01.